The normalized spacial score (nSPS) is 23.4. The van der Waals surface area contributed by atoms with Crippen molar-refractivity contribution in [2.24, 2.45) is 10.9 Å². The summed E-state index contributed by atoms with van der Waals surface area (Å²) in [5.41, 5.74) is 1.30. The molecular weight excluding hydrogens is 324 g/mol. The quantitative estimate of drug-likeness (QED) is 0.447. The van der Waals surface area contributed by atoms with Crippen molar-refractivity contribution in [2.75, 3.05) is 39.8 Å². The third-order valence-corrected chi connectivity index (χ3v) is 5.37. The molecule has 144 valence electrons. The maximum absolute atomic E-state index is 5.97. The number of ether oxygens (including phenoxy) is 1. The van der Waals surface area contributed by atoms with Gasteiger partial charge < -0.3 is 20.3 Å². The molecule has 2 heterocycles. The molecule has 5 heteroatoms. The molecule has 1 fully saturated rings. The summed E-state index contributed by atoms with van der Waals surface area (Å²) >= 11 is 0. The minimum atomic E-state index is 0.187. The highest BCUT2D eigenvalue weighted by molar-refractivity contribution is 5.79. The Hall–Kier alpha value is -1.75. The maximum Gasteiger partial charge on any atom is 0.191 e. The van der Waals surface area contributed by atoms with Crippen molar-refractivity contribution in [1.82, 2.24) is 15.5 Å². The predicted molar refractivity (Wildman–Crippen MR) is 108 cm³/mol. The van der Waals surface area contributed by atoms with Crippen LogP contribution in [0.3, 0.4) is 0 Å². The number of guanidine groups is 1. The summed E-state index contributed by atoms with van der Waals surface area (Å²) in [5, 5.41) is 6.82. The number of hydrogen-bond donors (Lipinski definition) is 2. The molecule has 2 aliphatic heterocycles. The number of hydrogen-bond acceptors (Lipinski definition) is 3. The number of nitrogens with zero attached hydrogens (tertiary/aromatic N) is 2. The average Bonchev–Trinajstić information content (AvgIpc) is 3.07. The lowest BCUT2D eigenvalue weighted by Gasteiger charge is -2.30. The van der Waals surface area contributed by atoms with Crippen LogP contribution in [0.15, 0.2) is 29.3 Å². The Labute approximate surface area is 158 Å². The summed E-state index contributed by atoms with van der Waals surface area (Å²) in [4.78, 5) is 6.95. The average molecular weight is 359 g/mol. The van der Waals surface area contributed by atoms with E-state index >= 15 is 0 Å². The van der Waals surface area contributed by atoms with Crippen molar-refractivity contribution in [3.63, 3.8) is 0 Å². The van der Waals surface area contributed by atoms with Crippen LogP contribution >= 0.6 is 0 Å². The molecule has 0 saturated carbocycles. The fourth-order valence-electron chi connectivity index (χ4n) is 3.96. The zero-order valence-corrected chi connectivity index (χ0v) is 16.3. The number of benzene rings is 1. The highest BCUT2D eigenvalue weighted by atomic mass is 16.5. The molecule has 2 unspecified atom stereocenters. The zero-order valence-electron chi connectivity index (χ0n) is 16.3. The molecule has 0 aliphatic carbocycles. The van der Waals surface area contributed by atoms with E-state index < -0.39 is 0 Å². The smallest absolute Gasteiger partial charge is 0.191 e. The van der Waals surface area contributed by atoms with Crippen LogP contribution in [0.1, 0.15) is 38.2 Å². The van der Waals surface area contributed by atoms with Gasteiger partial charge in [-0.3, -0.25) is 4.99 Å². The third kappa shape index (κ3) is 5.63. The Balaban J connectivity index is 1.27. The predicted octanol–water partition coefficient (Wildman–Crippen LogP) is 2.67. The summed E-state index contributed by atoms with van der Waals surface area (Å²) in [6.07, 6.45) is 6.34. The molecule has 2 aliphatic rings. The highest BCUT2D eigenvalue weighted by Gasteiger charge is 2.22. The highest BCUT2D eigenvalue weighted by Crippen LogP contribution is 2.27. The van der Waals surface area contributed by atoms with Crippen LogP contribution in [-0.4, -0.2) is 56.7 Å². The van der Waals surface area contributed by atoms with Gasteiger partial charge in [0.1, 0.15) is 11.9 Å². The van der Waals surface area contributed by atoms with Crippen LogP contribution in [0, 0.1) is 5.92 Å². The van der Waals surface area contributed by atoms with E-state index in [1.54, 1.807) is 0 Å². The van der Waals surface area contributed by atoms with E-state index in [9.17, 15) is 0 Å². The Kier molecular flexibility index (Phi) is 7.18. The molecule has 0 aromatic heterocycles. The number of para-hydroxylation sites is 1. The van der Waals surface area contributed by atoms with Gasteiger partial charge in [-0.05, 0) is 56.3 Å². The Bertz CT molecular complexity index is 564. The fraction of sp³-hybridized carbons (Fsp3) is 0.667. The lowest BCUT2D eigenvalue weighted by atomic mass is 10.0. The number of nitrogens with one attached hydrogen (secondary N) is 2. The first-order valence-corrected chi connectivity index (χ1v) is 10.2. The Morgan fingerprint density at radius 3 is 2.96 bits per heavy atom. The number of fused-ring (bicyclic) bond motifs is 1. The van der Waals surface area contributed by atoms with Crippen molar-refractivity contribution in [2.45, 2.75) is 45.1 Å². The maximum atomic E-state index is 5.97. The zero-order chi connectivity index (χ0) is 18.2. The van der Waals surface area contributed by atoms with Gasteiger partial charge in [0.05, 0.1) is 6.54 Å². The summed E-state index contributed by atoms with van der Waals surface area (Å²) in [6, 6.07) is 8.29. The number of likely N-dealkylation sites (tertiary alicyclic amines) is 1. The second kappa shape index (κ2) is 9.81. The minimum Gasteiger partial charge on any atom is -0.488 e. The van der Waals surface area contributed by atoms with Gasteiger partial charge in [0.15, 0.2) is 5.96 Å². The molecular formula is C21H34N4O. The van der Waals surface area contributed by atoms with E-state index in [0.29, 0.717) is 0 Å². The largest absolute Gasteiger partial charge is 0.488 e. The SMILES string of the molecule is CN=C(NCCCCN1CCCC(C)C1)NCC1Cc2ccccc2O1. The van der Waals surface area contributed by atoms with Gasteiger partial charge in [0.25, 0.3) is 0 Å². The first kappa shape index (κ1) is 19.0. The lowest BCUT2D eigenvalue weighted by molar-refractivity contribution is 0.181. The van der Waals surface area contributed by atoms with E-state index in [4.69, 9.17) is 4.74 Å². The van der Waals surface area contributed by atoms with E-state index in [0.717, 1.165) is 37.1 Å². The van der Waals surface area contributed by atoms with Crippen molar-refractivity contribution in [3.05, 3.63) is 29.8 Å². The molecule has 1 aromatic rings. The Morgan fingerprint density at radius 2 is 2.15 bits per heavy atom. The number of aliphatic imine (C=N–C) groups is 1. The van der Waals surface area contributed by atoms with Crippen LogP contribution in [0.2, 0.25) is 0 Å². The first-order valence-electron chi connectivity index (χ1n) is 10.2. The van der Waals surface area contributed by atoms with E-state index in [1.165, 1.54) is 50.9 Å². The summed E-state index contributed by atoms with van der Waals surface area (Å²) in [5.74, 6) is 2.76. The second-order valence-electron chi connectivity index (χ2n) is 7.69. The summed E-state index contributed by atoms with van der Waals surface area (Å²) in [7, 11) is 1.83. The molecule has 0 bridgehead atoms. The van der Waals surface area contributed by atoms with Gasteiger partial charge in [-0.25, -0.2) is 0 Å². The number of piperidine rings is 1. The topological polar surface area (TPSA) is 48.9 Å². The Morgan fingerprint density at radius 1 is 1.27 bits per heavy atom. The molecule has 1 saturated heterocycles. The molecule has 3 rings (SSSR count). The van der Waals surface area contributed by atoms with Gasteiger partial charge in [0.2, 0.25) is 0 Å². The molecule has 0 amide bonds. The third-order valence-electron chi connectivity index (χ3n) is 5.37. The van der Waals surface area contributed by atoms with Crippen LogP contribution in [-0.2, 0) is 6.42 Å². The molecule has 0 radical (unpaired) electrons. The van der Waals surface area contributed by atoms with Crippen LogP contribution in [0.5, 0.6) is 5.75 Å². The second-order valence-corrected chi connectivity index (χ2v) is 7.69. The molecule has 2 N–H and O–H groups in total. The summed E-state index contributed by atoms with van der Waals surface area (Å²) in [6.45, 7) is 7.90. The van der Waals surface area contributed by atoms with Gasteiger partial charge >= 0.3 is 0 Å². The first-order chi connectivity index (χ1) is 12.7. The number of unbranched alkanes of at least 4 members (excludes halogenated alkanes) is 1. The minimum absolute atomic E-state index is 0.187. The van der Waals surface area contributed by atoms with Gasteiger partial charge in [-0.1, -0.05) is 25.1 Å². The van der Waals surface area contributed by atoms with Gasteiger partial charge in [0, 0.05) is 26.6 Å². The van der Waals surface area contributed by atoms with Gasteiger partial charge in [-0.15, -0.1) is 0 Å². The number of rotatable bonds is 7. The molecule has 2 atom stereocenters. The monoisotopic (exact) mass is 358 g/mol. The van der Waals surface area contributed by atoms with Crippen LogP contribution in [0.25, 0.3) is 0 Å². The molecule has 26 heavy (non-hydrogen) atoms. The van der Waals surface area contributed by atoms with Gasteiger partial charge in [-0.2, -0.15) is 0 Å². The van der Waals surface area contributed by atoms with Crippen LogP contribution < -0.4 is 15.4 Å². The lowest BCUT2D eigenvalue weighted by Crippen LogP contribution is -2.42. The van der Waals surface area contributed by atoms with Crippen molar-refractivity contribution >= 4 is 5.96 Å². The van der Waals surface area contributed by atoms with E-state index in [2.05, 4.69) is 39.6 Å². The fourth-order valence-corrected chi connectivity index (χ4v) is 3.96. The van der Waals surface area contributed by atoms with Crippen molar-refractivity contribution in [3.8, 4) is 5.75 Å². The molecule has 5 nitrogen and oxygen atoms in total. The van der Waals surface area contributed by atoms with Crippen molar-refractivity contribution < 1.29 is 4.74 Å². The standard InChI is InChI=1S/C21H34N4O/c1-17-8-7-13-25(16-17)12-6-5-11-23-21(22-2)24-15-19-14-18-9-3-4-10-20(18)26-19/h3-4,9-10,17,19H,5-8,11-16H2,1-2H3,(H2,22,23,24). The molecule has 1 aromatic carbocycles. The summed E-state index contributed by atoms with van der Waals surface area (Å²) < 4.78 is 5.97. The molecule has 0 spiro atoms. The van der Waals surface area contributed by atoms with Crippen LogP contribution in [0.4, 0.5) is 0 Å². The van der Waals surface area contributed by atoms with E-state index in [1.807, 2.05) is 19.2 Å². The van der Waals surface area contributed by atoms with E-state index in [-0.39, 0.29) is 6.10 Å². The van der Waals surface area contributed by atoms with Crippen molar-refractivity contribution in [1.29, 1.82) is 0 Å².